The molecule has 5 nitrogen and oxygen atoms in total. The largest absolute Gasteiger partial charge is 0.493 e. The highest BCUT2D eigenvalue weighted by Crippen LogP contribution is 2.65. The van der Waals surface area contributed by atoms with Crippen LogP contribution in [0.2, 0.25) is 0 Å². The molecule has 1 spiro atoms. The van der Waals surface area contributed by atoms with Gasteiger partial charge >= 0.3 is 0 Å². The number of Topliss-reactive ketones (excluding diaryl/α,β-unsaturated/α-hetero) is 1. The number of piperidine rings is 1. The lowest BCUT2D eigenvalue weighted by molar-refractivity contribution is -0.188. The van der Waals surface area contributed by atoms with Crippen molar-refractivity contribution < 1.29 is 19.4 Å². The van der Waals surface area contributed by atoms with Gasteiger partial charge in [0.05, 0.1) is 18.1 Å². The first-order valence-electron chi connectivity index (χ1n) is 9.94. The highest BCUT2D eigenvalue weighted by molar-refractivity contribution is 5.90. The van der Waals surface area contributed by atoms with Crippen LogP contribution in [0.15, 0.2) is 12.1 Å². The molecular formula is C21H25NO4. The summed E-state index contributed by atoms with van der Waals surface area (Å²) >= 11 is 0. The molecule has 0 unspecified atom stereocenters. The number of carbonyl (C=O) groups excluding carboxylic acids is 1. The number of hydrogen-bond donors (Lipinski definition) is 1. The van der Waals surface area contributed by atoms with Crippen LogP contribution >= 0.6 is 0 Å². The summed E-state index contributed by atoms with van der Waals surface area (Å²) in [6, 6.07) is 4.16. The zero-order chi connectivity index (χ0) is 17.7. The van der Waals surface area contributed by atoms with Gasteiger partial charge in [0.2, 0.25) is 0 Å². The van der Waals surface area contributed by atoms with Gasteiger partial charge in [0.15, 0.2) is 23.4 Å². The lowest BCUT2D eigenvalue weighted by Gasteiger charge is -2.62. The normalized spacial score (nSPS) is 40.2. The minimum Gasteiger partial charge on any atom is -0.493 e. The van der Waals surface area contributed by atoms with Crippen molar-refractivity contribution in [2.75, 3.05) is 20.2 Å². The van der Waals surface area contributed by atoms with Gasteiger partial charge in [0.25, 0.3) is 0 Å². The van der Waals surface area contributed by atoms with Crippen LogP contribution in [0.3, 0.4) is 0 Å². The Morgan fingerprint density at radius 1 is 1.35 bits per heavy atom. The van der Waals surface area contributed by atoms with Crippen molar-refractivity contribution in [3.05, 3.63) is 23.3 Å². The van der Waals surface area contributed by atoms with E-state index in [4.69, 9.17) is 9.47 Å². The monoisotopic (exact) mass is 355 g/mol. The van der Waals surface area contributed by atoms with Crippen molar-refractivity contribution in [2.45, 2.75) is 61.7 Å². The second-order valence-electron chi connectivity index (χ2n) is 8.90. The van der Waals surface area contributed by atoms with E-state index in [1.54, 1.807) is 7.11 Å². The quantitative estimate of drug-likeness (QED) is 0.896. The van der Waals surface area contributed by atoms with E-state index in [1.807, 2.05) is 6.07 Å². The predicted octanol–water partition coefficient (Wildman–Crippen LogP) is 1.83. The smallest absolute Gasteiger partial charge is 0.174 e. The maximum atomic E-state index is 12.8. The summed E-state index contributed by atoms with van der Waals surface area (Å²) in [6.07, 6.45) is 4.65. The highest BCUT2D eigenvalue weighted by atomic mass is 16.5. The summed E-state index contributed by atoms with van der Waals surface area (Å²) < 4.78 is 11.8. The minimum absolute atomic E-state index is 0.0860. The lowest BCUT2D eigenvalue weighted by atomic mass is 9.49. The number of nitrogens with zero attached hydrogens (tertiary/aromatic N) is 1. The molecular weight excluding hydrogens is 330 g/mol. The number of likely N-dealkylation sites (tertiary alicyclic amines) is 1. The molecule has 0 aromatic heterocycles. The van der Waals surface area contributed by atoms with E-state index in [0.717, 1.165) is 37.4 Å². The summed E-state index contributed by atoms with van der Waals surface area (Å²) in [5.41, 5.74) is 0.821. The van der Waals surface area contributed by atoms with Crippen LogP contribution in [-0.4, -0.2) is 53.7 Å². The second kappa shape index (κ2) is 4.82. The molecule has 2 bridgehead atoms. The van der Waals surface area contributed by atoms with E-state index < -0.39 is 17.1 Å². The first-order chi connectivity index (χ1) is 12.6. The second-order valence-corrected chi connectivity index (χ2v) is 8.90. The molecule has 26 heavy (non-hydrogen) atoms. The fourth-order valence-corrected chi connectivity index (χ4v) is 6.41. The molecule has 6 rings (SSSR count). The van der Waals surface area contributed by atoms with Crippen molar-refractivity contribution in [3.63, 3.8) is 0 Å². The minimum atomic E-state index is -0.886. The van der Waals surface area contributed by atoms with Crippen molar-refractivity contribution in [1.82, 2.24) is 4.90 Å². The summed E-state index contributed by atoms with van der Waals surface area (Å²) in [6.45, 7) is 2.02. The molecule has 1 aromatic rings. The van der Waals surface area contributed by atoms with Crippen LogP contribution in [0, 0.1) is 5.92 Å². The van der Waals surface area contributed by atoms with Crippen molar-refractivity contribution >= 4 is 5.78 Å². The van der Waals surface area contributed by atoms with Crippen LogP contribution in [0.1, 0.15) is 43.2 Å². The molecule has 2 heterocycles. The summed E-state index contributed by atoms with van der Waals surface area (Å²) in [7, 11) is 1.64. The highest BCUT2D eigenvalue weighted by Gasteiger charge is 2.73. The first-order valence-corrected chi connectivity index (χ1v) is 9.94. The summed E-state index contributed by atoms with van der Waals surface area (Å²) in [5, 5.41) is 12.1. The van der Waals surface area contributed by atoms with E-state index in [1.165, 1.54) is 18.4 Å². The molecule has 2 saturated carbocycles. The molecule has 1 aromatic carbocycles. The van der Waals surface area contributed by atoms with Gasteiger partial charge in [-0.05, 0) is 56.2 Å². The topological polar surface area (TPSA) is 59.0 Å². The number of carbonyl (C=O) groups is 1. The Bertz CT molecular complexity index is 818. The first kappa shape index (κ1) is 15.5. The SMILES string of the molecule is COc1ccc2c3c1O[C@H]1C(=O)CC[C@@]4(O)[C@H](C2)N(CC2CC2)CC[C@]314. The number of ketones is 1. The lowest BCUT2D eigenvalue weighted by Crippen LogP contribution is -2.76. The maximum absolute atomic E-state index is 12.8. The Morgan fingerprint density at radius 2 is 2.19 bits per heavy atom. The standard InChI is InChI=1S/C21H25NO4/c1-25-15-5-4-13-10-16-21(24)7-6-14(23)19-20(21,17(13)18(15)26-19)8-9-22(16)11-12-2-3-12/h4-5,12,16,19,24H,2-3,6-11H2,1H3/t16-,19-,20-,21+/m0/s1. The average Bonchev–Trinajstić information content (AvgIpc) is 3.37. The Labute approximate surface area is 153 Å². The molecule has 4 atom stereocenters. The maximum Gasteiger partial charge on any atom is 0.174 e. The van der Waals surface area contributed by atoms with Gasteiger partial charge in [0.1, 0.15) is 0 Å². The third-order valence-electron chi connectivity index (χ3n) is 7.76. The number of benzene rings is 1. The Morgan fingerprint density at radius 3 is 2.96 bits per heavy atom. The van der Waals surface area contributed by atoms with Crippen molar-refractivity contribution in [2.24, 2.45) is 5.92 Å². The van der Waals surface area contributed by atoms with E-state index in [9.17, 15) is 9.90 Å². The zero-order valence-electron chi connectivity index (χ0n) is 15.2. The molecule has 0 radical (unpaired) electrons. The van der Waals surface area contributed by atoms with Gasteiger partial charge in [-0.25, -0.2) is 0 Å². The van der Waals surface area contributed by atoms with Crippen LogP contribution in [0.5, 0.6) is 11.5 Å². The number of hydrogen-bond acceptors (Lipinski definition) is 5. The third kappa shape index (κ3) is 1.63. The summed E-state index contributed by atoms with van der Waals surface area (Å²) in [4.78, 5) is 15.4. The molecule has 5 heteroatoms. The molecule has 5 aliphatic rings. The number of rotatable bonds is 3. The van der Waals surface area contributed by atoms with E-state index >= 15 is 0 Å². The number of methoxy groups -OCH3 is 1. The molecule has 3 aliphatic carbocycles. The zero-order valence-corrected chi connectivity index (χ0v) is 15.2. The molecule has 3 fully saturated rings. The summed E-state index contributed by atoms with van der Waals surface area (Å²) in [5.74, 6) is 2.32. The van der Waals surface area contributed by atoms with Gasteiger partial charge in [-0.1, -0.05) is 6.07 Å². The molecule has 1 N–H and O–H groups in total. The molecule has 2 aliphatic heterocycles. The van der Waals surface area contributed by atoms with Crippen molar-refractivity contribution in [1.29, 1.82) is 0 Å². The van der Waals surface area contributed by atoms with Crippen LogP contribution < -0.4 is 9.47 Å². The van der Waals surface area contributed by atoms with Crippen molar-refractivity contribution in [3.8, 4) is 11.5 Å². The molecule has 1 saturated heterocycles. The Kier molecular flexibility index (Phi) is 2.86. The van der Waals surface area contributed by atoms with Gasteiger partial charge in [-0.2, -0.15) is 0 Å². The number of aliphatic hydroxyl groups is 1. The molecule has 138 valence electrons. The van der Waals surface area contributed by atoms with Gasteiger partial charge in [-0.3, -0.25) is 9.69 Å². The number of ether oxygens (including phenoxy) is 2. The predicted molar refractivity (Wildman–Crippen MR) is 94.7 cm³/mol. The fourth-order valence-electron chi connectivity index (χ4n) is 6.41. The fraction of sp³-hybridized carbons (Fsp3) is 0.667. The Hall–Kier alpha value is -1.59. The van der Waals surface area contributed by atoms with E-state index in [-0.39, 0.29) is 11.8 Å². The van der Waals surface area contributed by atoms with Gasteiger partial charge in [0, 0.05) is 24.6 Å². The Balaban J connectivity index is 1.57. The van der Waals surface area contributed by atoms with Crippen LogP contribution in [0.25, 0.3) is 0 Å². The van der Waals surface area contributed by atoms with Gasteiger partial charge in [-0.15, -0.1) is 0 Å². The van der Waals surface area contributed by atoms with Gasteiger partial charge < -0.3 is 14.6 Å². The third-order valence-corrected chi connectivity index (χ3v) is 7.76. The van der Waals surface area contributed by atoms with Crippen LogP contribution in [0.4, 0.5) is 0 Å². The van der Waals surface area contributed by atoms with E-state index in [0.29, 0.717) is 24.3 Å². The van der Waals surface area contributed by atoms with Crippen LogP contribution in [-0.2, 0) is 16.6 Å². The molecule has 0 amide bonds. The average molecular weight is 355 g/mol. The van der Waals surface area contributed by atoms with E-state index in [2.05, 4.69) is 11.0 Å².